The van der Waals surface area contributed by atoms with Gasteiger partial charge in [0.25, 0.3) is 0 Å². The van der Waals surface area contributed by atoms with Gasteiger partial charge in [-0.25, -0.2) is 0 Å². The van der Waals surface area contributed by atoms with E-state index in [2.05, 4.69) is 60.7 Å². The predicted molar refractivity (Wildman–Crippen MR) is 109 cm³/mol. The number of ether oxygens (including phenoxy) is 1. The van der Waals surface area contributed by atoms with Crippen LogP contribution in [0.4, 0.5) is 5.69 Å². The lowest BCUT2D eigenvalue weighted by atomic mass is 10.0. The van der Waals surface area contributed by atoms with Crippen molar-refractivity contribution in [3.8, 4) is 0 Å². The van der Waals surface area contributed by atoms with Crippen LogP contribution in [0.15, 0.2) is 59.6 Å². The standard InChI is InChI=1S/C21H30N4O/c1-16(17-10-6-5-7-11-17)25-21(2,3)15-23-20(22)24-19-13-9-8-12-18(19)14-26-4/h5-13,16,25H,14-15H2,1-4H3,(H3,22,23,24). The molecule has 5 nitrogen and oxygen atoms in total. The Kier molecular flexibility index (Phi) is 7.18. The third-order valence-electron chi connectivity index (χ3n) is 4.13. The average molecular weight is 354 g/mol. The molecule has 2 aromatic rings. The van der Waals surface area contributed by atoms with Crippen LogP contribution < -0.4 is 16.4 Å². The van der Waals surface area contributed by atoms with Gasteiger partial charge in [-0.15, -0.1) is 0 Å². The number of nitrogens with two attached hydrogens (primary N) is 1. The molecule has 1 unspecified atom stereocenters. The van der Waals surface area contributed by atoms with E-state index in [0.29, 0.717) is 19.1 Å². The second-order valence-electron chi connectivity index (χ2n) is 7.08. The minimum Gasteiger partial charge on any atom is -0.380 e. The van der Waals surface area contributed by atoms with Crippen LogP contribution in [-0.4, -0.2) is 25.2 Å². The van der Waals surface area contributed by atoms with Gasteiger partial charge in [0.2, 0.25) is 0 Å². The van der Waals surface area contributed by atoms with Crippen LogP contribution in [0.25, 0.3) is 0 Å². The second-order valence-corrected chi connectivity index (χ2v) is 7.08. The fraction of sp³-hybridized carbons (Fsp3) is 0.381. The molecule has 0 bridgehead atoms. The highest BCUT2D eigenvalue weighted by molar-refractivity contribution is 5.93. The Hall–Kier alpha value is -2.37. The third kappa shape index (κ3) is 6.17. The molecular weight excluding hydrogens is 324 g/mol. The maximum absolute atomic E-state index is 6.09. The molecule has 0 aliphatic rings. The maximum atomic E-state index is 6.09. The van der Waals surface area contributed by atoms with Gasteiger partial charge in [-0.2, -0.15) is 0 Å². The topological polar surface area (TPSA) is 71.7 Å². The highest BCUT2D eigenvalue weighted by atomic mass is 16.5. The van der Waals surface area contributed by atoms with E-state index >= 15 is 0 Å². The maximum Gasteiger partial charge on any atom is 0.193 e. The summed E-state index contributed by atoms with van der Waals surface area (Å²) in [5.74, 6) is 0.399. The molecule has 26 heavy (non-hydrogen) atoms. The van der Waals surface area contributed by atoms with Crippen molar-refractivity contribution in [1.82, 2.24) is 5.32 Å². The van der Waals surface area contributed by atoms with Crippen molar-refractivity contribution >= 4 is 11.6 Å². The number of rotatable bonds is 8. The van der Waals surface area contributed by atoms with Crippen LogP contribution >= 0.6 is 0 Å². The second kappa shape index (κ2) is 9.36. The van der Waals surface area contributed by atoms with Crippen molar-refractivity contribution in [3.05, 3.63) is 65.7 Å². The summed E-state index contributed by atoms with van der Waals surface area (Å²) in [5.41, 5.74) is 9.12. The summed E-state index contributed by atoms with van der Waals surface area (Å²) in [6, 6.07) is 18.5. The molecule has 0 aliphatic carbocycles. The van der Waals surface area contributed by atoms with Crippen LogP contribution in [0.5, 0.6) is 0 Å². The molecule has 5 heteroatoms. The Morgan fingerprint density at radius 2 is 1.77 bits per heavy atom. The van der Waals surface area contributed by atoms with Gasteiger partial charge in [-0.3, -0.25) is 4.99 Å². The summed E-state index contributed by atoms with van der Waals surface area (Å²) in [6.45, 7) is 7.50. The lowest BCUT2D eigenvalue weighted by molar-refractivity contribution is 0.185. The van der Waals surface area contributed by atoms with E-state index < -0.39 is 0 Å². The first-order valence-corrected chi connectivity index (χ1v) is 8.88. The number of para-hydroxylation sites is 1. The lowest BCUT2D eigenvalue weighted by Gasteiger charge is -2.29. The number of anilines is 1. The highest BCUT2D eigenvalue weighted by Crippen LogP contribution is 2.17. The Labute approximate surface area is 156 Å². The van der Waals surface area contributed by atoms with Gasteiger partial charge in [-0.1, -0.05) is 48.5 Å². The van der Waals surface area contributed by atoms with E-state index in [9.17, 15) is 0 Å². The molecule has 140 valence electrons. The van der Waals surface area contributed by atoms with E-state index in [4.69, 9.17) is 10.5 Å². The number of nitrogens with one attached hydrogen (secondary N) is 2. The molecule has 0 saturated heterocycles. The molecule has 0 saturated carbocycles. The van der Waals surface area contributed by atoms with Crippen molar-refractivity contribution in [2.45, 2.75) is 39.0 Å². The lowest BCUT2D eigenvalue weighted by Crippen LogP contribution is -2.44. The van der Waals surface area contributed by atoms with Crippen molar-refractivity contribution in [2.75, 3.05) is 19.0 Å². The molecule has 0 aliphatic heterocycles. The molecule has 2 aromatic carbocycles. The van der Waals surface area contributed by atoms with E-state index in [0.717, 1.165) is 11.3 Å². The van der Waals surface area contributed by atoms with Crippen LogP contribution in [0.3, 0.4) is 0 Å². The first-order valence-electron chi connectivity index (χ1n) is 8.88. The molecule has 0 fully saturated rings. The molecule has 0 heterocycles. The fourth-order valence-electron chi connectivity index (χ4n) is 2.84. The summed E-state index contributed by atoms with van der Waals surface area (Å²) in [6.07, 6.45) is 0. The van der Waals surface area contributed by atoms with E-state index in [1.807, 2.05) is 30.3 Å². The van der Waals surface area contributed by atoms with Crippen LogP contribution in [-0.2, 0) is 11.3 Å². The fourth-order valence-corrected chi connectivity index (χ4v) is 2.84. The number of benzene rings is 2. The zero-order valence-corrected chi connectivity index (χ0v) is 16.1. The van der Waals surface area contributed by atoms with E-state index in [1.54, 1.807) is 7.11 Å². The van der Waals surface area contributed by atoms with Crippen molar-refractivity contribution < 1.29 is 4.74 Å². The predicted octanol–water partition coefficient (Wildman–Crippen LogP) is 3.69. The van der Waals surface area contributed by atoms with Gasteiger partial charge < -0.3 is 21.1 Å². The third-order valence-corrected chi connectivity index (χ3v) is 4.13. The summed E-state index contributed by atoms with van der Waals surface area (Å²) < 4.78 is 5.22. The largest absolute Gasteiger partial charge is 0.380 e. The molecular formula is C21H30N4O. The summed E-state index contributed by atoms with van der Waals surface area (Å²) in [7, 11) is 1.68. The van der Waals surface area contributed by atoms with Crippen molar-refractivity contribution in [3.63, 3.8) is 0 Å². The van der Waals surface area contributed by atoms with Crippen LogP contribution in [0.2, 0.25) is 0 Å². The number of nitrogens with zero attached hydrogens (tertiary/aromatic N) is 1. The smallest absolute Gasteiger partial charge is 0.193 e. The molecule has 0 aromatic heterocycles. The number of guanidine groups is 1. The normalized spacial score (nSPS) is 13.5. The molecule has 0 spiro atoms. The first-order chi connectivity index (χ1) is 12.4. The monoisotopic (exact) mass is 354 g/mol. The minimum absolute atomic E-state index is 0.187. The Bertz CT molecular complexity index is 713. The van der Waals surface area contributed by atoms with Gasteiger partial charge in [0.05, 0.1) is 13.2 Å². The Morgan fingerprint density at radius 3 is 2.46 bits per heavy atom. The van der Waals surface area contributed by atoms with Gasteiger partial charge in [0.15, 0.2) is 5.96 Å². The highest BCUT2D eigenvalue weighted by Gasteiger charge is 2.20. The first kappa shape index (κ1) is 19.9. The number of methoxy groups -OCH3 is 1. The minimum atomic E-state index is -0.187. The molecule has 4 N–H and O–H groups in total. The van der Waals surface area contributed by atoms with Crippen molar-refractivity contribution in [2.24, 2.45) is 10.7 Å². The number of hydrogen-bond acceptors (Lipinski definition) is 3. The quantitative estimate of drug-likeness (QED) is 0.499. The Morgan fingerprint density at radius 1 is 1.12 bits per heavy atom. The van der Waals surface area contributed by atoms with Crippen LogP contribution in [0.1, 0.15) is 37.9 Å². The van der Waals surface area contributed by atoms with Crippen LogP contribution in [0, 0.1) is 0 Å². The molecule has 1 atom stereocenters. The van der Waals surface area contributed by atoms with Gasteiger partial charge in [0, 0.05) is 29.9 Å². The van der Waals surface area contributed by atoms with Gasteiger partial charge >= 0.3 is 0 Å². The molecule has 2 rings (SSSR count). The van der Waals surface area contributed by atoms with Gasteiger partial charge in [0.1, 0.15) is 0 Å². The molecule has 0 amide bonds. The summed E-state index contributed by atoms with van der Waals surface area (Å²) in [5, 5.41) is 6.79. The summed E-state index contributed by atoms with van der Waals surface area (Å²) >= 11 is 0. The number of aliphatic imine (C=N–C) groups is 1. The van der Waals surface area contributed by atoms with Crippen molar-refractivity contribution in [1.29, 1.82) is 0 Å². The SMILES string of the molecule is COCc1ccccc1NC(N)=NCC(C)(C)NC(C)c1ccccc1. The van der Waals surface area contributed by atoms with E-state index in [-0.39, 0.29) is 11.6 Å². The van der Waals surface area contributed by atoms with Gasteiger partial charge in [-0.05, 0) is 32.4 Å². The number of hydrogen-bond donors (Lipinski definition) is 3. The Balaban J connectivity index is 1.96. The van der Waals surface area contributed by atoms with E-state index in [1.165, 1.54) is 5.56 Å². The zero-order valence-electron chi connectivity index (χ0n) is 16.1. The molecule has 0 radical (unpaired) electrons. The summed E-state index contributed by atoms with van der Waals surface area (Å²) in [4.78, 5) is 4.52. The average Bonchev–Trinajstić information content (AvgIpc) is 2.62. The zero-order chi connectivity index (χ0) is 19.0.